The van der Waals surface area contributed by atoms with E-state index in [2.05, 4.69) is 5.32 Å². The number of phenolic OH excluding ortho intramolecular Hbond substituents is 1. The molecule has 1 saturated carbocycles. The molecule has 19 heavy (non-hydrogen) atoms. The van der Waals surface area contributed by atoms with Crippen molar-refractivity contribution in [1.82, 2.24) is 5.32 Å². The van der Waals surface area contributed by atoms with Crippen molar-refractivity contribution < 1.29 is 14.2 Å². The summed E-state index contributed by atoms with van der Waals surface area (Å²) in [5.74, 6) is -0.0323. The molecule has 0 amide bonds. The third kappa shape index (κ3) is 3.07. The number of nitrogens with one attached hydrogen (secondary N) is 1. The fraction of sp³-hybridized carbons (Fsp3) is 0.600. The van der Waals surface area contributed by atoms with E-state index >= 15 is 0 Å². The minimum Gasteiger partial charge on any atom is -0.505 e. The van der Waals surface area contributed by atoms with Crippen LogP contribution >= 0.6 is 0 Å². The largest absolute Gasteiger partial charge is 0.505 e. The second-order valence-corrected chi connectivity index (χ2v) is 5.60. The lowest BCUT2D eigenvalue weighted by molar-refractivity contribution is -0.0113. The van der Waals surface area contributed by atoms with Crippen molar-refractivity contribution in [3.8, 4) is 5.75 Å². The summed E-state index contributed by atoms with van der Waals surface area (Å²) < 4.78 is 19.0. The highest BCUT2D eigenvalue weighted by molar-refractivity contribution is 5.33. The molecule has 2 fully saturated rings. The summed E-state index contributed by atoms with van der Waals surface area (Å²) in [5, 5.41) is 13.0. The van der Waals surface area contributed by atoms with Gasteiger partial charge in [-0.05, 0) is 37.7 Å². The summed E-state index contributed by atoms with van der Waals surface area (Å²) in [6.07, 6.45) is 5.00. The van der Waals surface area contributed by atoms with Crippen molar-refractivity contribution in [3.63, 3.8) is 0 Å². The second kappa shape index (κ2) is 5.47. The van der Waals surface area contributed by atoms with Crippen molar-refractivity contribution in [2.24, 2.45) is 5.92 Å². The predicted molar refractivity (Wildman–Crippen MR) is 70.4 cm³/mol. The van der Waals surface area contributed by atoms with Gasteiger partial charge in [0.05, 0.1) is 6.10 Å². The molecule has 0 radical (unpaired) electrons. The van der Waals surface area contributed by atoms with Crippen molar-refractivity contribution >= 4 is 0 Å². The van der Waals surface area contributed by atoms with Gasteiger partial charge in [-0.25, -0.2) is 4.39 Å². The summed E-state index contributed by atoms with van der Waals surface area (Å²) in [6.45, 7) is 1.31. The van der Waals surface area contributed by atoms with E-state index in [-0.39, 0.29) is 5.75 Å². The van der Waals surface area contributed by atoms with Crippen LogP contribution in [-0.4, -0.2) is 23.9 Å². The van der Waals surface area contributed by atoms with E-state index in [1.54, 1.807) is 12.1 Å². The van der Waals surface area contributed by atoms with E-state index < -0.39 is 5.82 Å². The Balaban J connectivity index is 1.55. The van der Waals surface area contributed by atoms with Crippen molar-refractivity contribution in [2.75, 3.05) is 6.61 Å². The highest BCUT2D eigenvalue weighted by Crippen LogP contribution is 2.38. The summed E-state index contributed by atoms with van der Waals surface area (Å²) in [4.78, 5) is 0. The Morgan fingerprint density at radius 3 is 2.95 bits per heavy atom. The normalized spacial score (nSPS) is 27.4. The van der Waals surface area contributed by atoms with Crippen LogP contribution in [0.25, 0.3) is 0 Å². The third-order valence-electron chi connectivity index (χ3n) is 4.11. The molecule has 2 atom stereocenters. The number of para-hydroxylation sites is 1. The molecule has 1 aliphatic heterocycles. The summed E-state index contributed by atoms with van der Waals surface area (Å²) in [7, 11) is 0. The van der Waals surface area contributed by atoms with Gasteiger partial charge in [0.25, 0.3) is 0 Å². The van der Waals surface area contributed by atoms with Gasteiger partial charge < -0.3 is 15.2 Å². The molecule has 0 bridgehead atoms. The highest BCUT2D eigenvalue weighted by Gasteiger charge is 2.35. The quantitative estimate of drug-likeness (QED) is 0.879. The fourth-order valence-corrected chi connectivity index (χ4v) is 2.77. The first kappa shape index (κ1) is 12.9. The number of aromatic hydroxyl groups is 1. The fourth-order valence-electron chi connectivity index (χ4n) is 2.77. The van der Waals surface area contributed by atoms with Gasteiger partial charge in [-0.3, -0.25) is 0 Å². The number of halogens is 1. The SMILES string of the molecule is Oc1c(F)cccc1CNC1CCOC(C2CC2)C1. The molecule has 1 aliphatic carbocycles. The highest BCUT2D eigenvalue weighted by atomic mass is 19.1. The zero-order valence-corrected chi connectivity index (χ0v) is 10.9. The maximum Gasteiger partial charge on any atom is 0.165 e. The van der Waals surface area contributed by atoms with Crippen molar-refractivity contribution in [2.45, 2.75) is 44.4 Å². The Hall–Kier alpha value is -1.13. The monoisotopic (exact) mass is 265 g/mol. The van der Waals surface area contributed by atoms with Crippen LogP contribution < -0.4 is 5.32 Å². The first-order valence-corrected chi connectivity index (χ1v) is 7.05. The average molecular weight is 265 g/mol. The first-order valence-electron chi connectivity index (χ1n) is 7.05. The van der Waals surface area contributed by atoms with Crippen LogP contribution in [0.5, 0.6) is 5.75 Å². The predicted octanol–water partition coefficient (Wildman–Crippen LogP) is 2.58. The lowest BCUT2D eigenvalue weighted by Crippen LogP contribution is -2.39. The molecule has 3 rings (SSSR count). The second-order valence-electron chi connectivity index (χ2n) is 5.60. The van der Waals surface area contributed by atoms with Gasteiger partial charge in [0.15, 0.2) is 11.6 Å². The van der Waals surface area contributed by atoms with Crippen LogP contribution in [-0.2, 0) is 11.3 Å². The van der Waals surface area contributed by atoms with Gasteiger partial charge in [-0.2, -0.15) is 0 Å². The van der Waals surface area contributed by atoms with E-state index in [4.69, 9.17) is 4.74 Å². The molecule has 104 valence electrons. The summed E-state index contributed by atoms with van der Waals surface area (Å²) >= 11 is 0. The Morgan fingerprint density at radius 2 is 2.16 bits per heavy atom. The van der Waals surface area contributed by atoms with E-state index in [1.165, 1.54) is 18.9 Å². The molecule has 1 saturated heterocycles. The van der Waals surface area contributed by atoms with Gasteiger partial charge in [0.1, 0.15) is 0 Å². The maximum atomic E-state index is 13.2. The molecule has 1 heterocycles. The Kier molecular flexibility index (Phi) is 3.71. The summed E-state index contributed by atoms with van der Waals surface area (Å²) in [6, 6.07) is 5.06. The number of rotatable bonds is 4. The zero-order valence-electron chi connectivity index (χ0n) is 10.9. The van der Waals surface area contributed by atoms with Crippen LogP contribution in [0.1, 0.15) is 31.2 Å². The molecule has 0 spiro atoms. The molecule has 1 aromatic rings. The lowest BCUT2D eigenvalue weighted by Gasteiger charge is -2.30. The van der Waals surface area contributed by atoms with E-state index in [9.17, 15) is 9.50 Å². The van der Waals surface area contributed by atoms with Crippen LogP contribution in [0.4, 0.5) is 4.39 Å². The minimum absolute atomic E-state index is 0.235. The number of benzene rings is 1. The zero-order chi connectivity index (χ0) is 13.2. The number of ether oxygens (including phenoxy) is 1. The van der Waals surface area contributed by atoms with Crippen LogP contribution in [0.15, 0.2) is 18.2 Å². The molecule has 1 aromatic carbocycles. The molecule has 2 unspecified atom stereocenters. The number of hydrogen-bond donors (Lipinski definition) is 2. The Labute approximate surface area is 112 Å². The first-order chi connectivity index (χ1) is 9.24. The molecule has 2 N–H and O–H groups in total. The standard InChI is InChI=1S/C15H20FNO2/c16-13-3-1-2-11(15(13)18)9-17-12-6-7-19-14(8-12)10-4-5-10/h1-3,10,12,14,17-18H,4-9H2. The van der Waals surface area contributed by atoms with Gasteiger partial charge in [-0.1, -0.05) is 12.1 Å². The summed E-state index contributed by atoms with van der Waals surface area (Å²) in [5.41, 5.74) is 0.620. The Bertz CT molecular complexity index is 448. The topological polar surface area (TPSA) is 41.5 Å². The maximum absolute atomic E-state index is 13.2. The van der Waals surface area contributed by atoms with Crippen LogP contribution in [0.2, 0.25) is 0 Å². The Morgan fingerprint density at radius 1 is 1.32 bits per heavy atom. The molecule has 0 aromatic heterocycles. The van der Waals surface area contributed by atoms with E-state index in [1.807, 2.05) is 0 Å². The molecule has 3 nitrogen and oxygen atoms in total. The van der Waals surface area contributed by atoms with E-state index in [0.717, 1.165) is 25.4 Å². The minimum atomic E-state index is -0.554. The molecular weight excluding hydrogens is 245 g/mol. The molecule has 4 heteroatoms. The third-order valence-corrected chi connectivity index (χ3v) is 4.11. The van der Waals surface area contributed by atoms with Crippen LogP contribution in [0, 0.1) is 11.7 Å². The molecule has 2 aliphatic rings. The van der Waals surface area contributed by atoms with Crippen LogP contribution in [0.3, 0.4) is 0 Å². The smallest absolute Gasteiger partial charge is 0.165 e. The van der Waals surface area contributed by atoms with Crippen molar-refractivity contribution in [3.05, 3.63) is 29.6 Å². The van der Waals surface area contributed by atoms with Gasteiger partial charge >= 0.3 is 0 Å². The van der Waals surface area contributed by atoms with Gasteiger partial charge in [0, 0.05) is 24.8 Å². The lowest BCUT2D eigenvalue weighted by atomic mass is 10.00. The number of phenols is 1. The number of hydrogen-bond acceptors (Lipinski definition) is 3. The van der Waals surface area contributed by atoms with Gasteiger partial charge in [-0.15, -0.1) is 0 Å². The van der Waals surface area contributed by atoms with Crippen molar-refractivity contribution in [1.29, 1.82) is 0 Å². The molecular formula is C15H20FNO2. The average Bonchev–Trinajstić information content (AvgIpc) is 3.25. The van der Waals surface area contributed by atoms with E-state index in [0.29, 0.717) is 24.3 Å². The van der Waals surface area contributed by atoms with Gasteiger partial charge in [0.2, 0.25) is 0 Å².